The molecule has 2 aromatic rings. The normalized spacial score (nSPS) is 19.6. The van der Waals surface area contributed by atoms with Gasteiger partial charge in [0, 0.05) is 37.6 Å². The Morgan fingerprint density at radius 1 is 0.636 bits per heavy atom. The van der Waals surface area contributed by atoms with E-state index < -0.39 is 0 Å². The summed E-state index contributed by atoms with van der Waals surface area (Å²) in [6.45, 7) is 6.08. The van der Waals surface area contributed by atoms with Crippen molar-refractivity contribution in [3.63, 3.8) is 0 Å². The number of ether oxygens (including phenoxy) is 1. The van der Waals surface area contributed by atoms with Gasteiger partial charge >= 0.3 is 0 Å². The summed E-state index contributed by atoms with van der Waals surface area (Å²) in [5.41, 5.74) is 2.70. The molecule has 2 saturated heterocycles. The SMILES string of the molecule is c1cc2cc(N3CCOCC3)ccc2cc1N1CCCCC1. The summed E-state index contributed by atoms with van der Waals surface area (Å²) in [5.74, 6) is 0. The van der Waals surface area contributed by atoms with Crippen molar-refractivity contribution < 1.29 is 4.74 Å². The molecule has 0 bridgehead atoms. The van der Waals surface area contributed by atoms with Crippen LogP contribution in [-0.4, -0.2) is 39.4 Å². The highest BCUT2D eigenvalue weighted by Gasteiger charge is 2.13. The average molecular weight is 296 g/mol. The number of benzene rings is 2. The molecule has 116 valence electrons. The van der Waals surface area contributed by atoms with E-state index in [1.807, 2.05) is 0 Å². The number of hydrogen-bond acceptors (Lipinski definition) is 3. The zero-order valence-corrected chi connectivity index (χ0v) is 13.1. The Balaban J connectivity index is 1.61. The first kappa shape index (κ1) is 13.9. The van der Waals surface area contributed by atoms with Crippen LogP contribution >= 0.6 is 0 Å². The van der Waals surface area contributed by atoms with Gasteiger partial charge in [0.1, 0.15) is 0 Å². The van der Waals surface area contributed by atoms with Gasteiger partial charge < -0.3 is 14.5 Å². The fourth-order valence-corrected chi connectivity index (χ4v) is 3.59. The summed E-state index contributed by atoms with van der Waals surface area (Å²) >= 11 is 0. The van der Waals surface area contributed by atoms with Crippen LogP contribution in [0.4, 0.5) is 11.4 Å². The maximum Gasteiger partial charge on any atom is 0.0642 e. The number of anilines is 2. The molecule has 4 rings (SSSR count). The van der Waals surface area contributed by atoms with Crippen molar-refractivity contribution in [3.8, 4) is 0 Å². The van der Waals surface area contributed by atoms with Crippen LogP contribution in [0.3, 0.4) is 0 Å². The molecule has 2 aromatic carbocycles. The number of morpholine rings is 1. The summed E-state index contributed by atoms with van der Waals surface area (Å²) in [5, 5.41) is 2.69. The largest absolute Gasteiger partial charge is 0.378 e. The minimum atomic E-state index is 0.839. The number of fused-ring (bicyclic) bond motifs is 1. The van der Waals surface area contributed by atoms with Crippen molar-refractivity contribution in [2.75, 3.05) is 49.2 Å². The van der Waals surface area contributed by atoms with E-state index in [2.05, 4.69) is 46.2 Å². The quantitative estimate of drug-likeness (QED) is 0.841. The molecule has 0 saturated carbocycles. The summed E-state index contributed by atoms with van der Waals surface area (Å²) in [7, 11) is 0. The van der Waals surface area contributed by atoms with Crippen LogP contribution in [-0.2, 0) is 4.74 Å². The lowest BCUT2D eigenvalue weighted by Crippen LogP contribution is -2.36. The molecular weight excluding hydrogens is 272 g/mol. The second-order valence-electron chi connectivity index (χ2n) is 6.36. The number of rotatable bonds is 2. The molecule has 0 unspecified atom stereocenters. The van der Waals surface area contributed by atoms with Crippen LogP contribution in [0, 0.1) is 0 Å². The van der Waals surface area contributed by atoms with Gasteiger partial charge in [-0.1, -0.05) is 12.1 Å². The molecule has 3 nitrogen and oxygen atoms in total. The van der Waals surface area contributed by atoms with Crippen molar-refractivity contribution in [1.82, 2.24) is 0 Å². The number of nitrogens with zero attached hydrogens (tertiary/aromatic N) is 2. The zero-order valence-electron chi connectivity index (χ0n) is 13.1. The third-order valence-corrected chi connectivity index (χ3v) is 4.90. The highest BCUT2D eigenvalue weighted by molar-refractivity contribution is 5.88. The lowest BCUT2D eigenvalue weighted by molar-refractivity contribution is 0.122. The highest BCUT2D eigenvalue weighted by Crippen LogP contribution is 2.28. The van der Waals surface area contributed by atoms with E-state index in [0.717, 1.165) is 26.3 Å². The molecule has 0 aliphatic carbocycles. The summed E-state index contributed by atoms with van der Waals surface area (Å²) in [6.07, 6.45) is 4.04. The summed E-state index contributed by atoms with van der Waals surface area (Å²) < 4.78 is 5.44. The Hall–Kier alpha value is -1.74. The molecule has 2 aliphatic rings. The molecule has 0 amide bonds. The van der Waals surface area contributed by atoms with Crippen LogP contribution in [0.2, 0.25) is 0 Å². The molecule has 3 heteroatoms. The maximum absolute atomic E-state index is 5.44. The average Bonchev–Trinajstić information content (AvgIpc) is 2.62. The Kier molecular flexibility index (Phi) is 3.90. The van der Waals surface area contributed by atoms with Crippen molar-refractivity contribution in [1.29, 1.82) is 0 Å². The Morgan fingerprint density at radius 3 is 1.77 bits per heavy atom. The van der Waals surface area contributed by atoms with Crippen molar-refractivity contribution in [3.05, 3.63) is 36.4 Å². The minimum Gasteiger partial charge on any atom is -0.378 e. The van der Waals surface area contributed by atoms with Crippen LogP contribution in [0.15, 0.2) is 36.4 Å². The summed E-state index contributed by atoms with van der Waals surface area (Å²) in [4.78, 5) is 4.94. The Bertz CT molecular complexity index is 586. The first-order valence-corrected chi connectivity index (χ1v) is 8.52. The first-order chi connectivity index (χ1) is 10.9. The van der Waals surface area contributed by atoms with Gasteiger partial charge in [-0.05, 0) is 54.3 Å². The second kappa shape index (κ2) is 6.17. The topological polar surface area (TPSA) is 15.7 Å². The van der Waals surface area contributed by atoms with Gasteiger partial charge in [0.2, 0.25) is 0 Å². The van der Waals surface area contributed by atoms with E-state index >= 15 is 0 Å². The lowest BCUT2D eigenvalue weighted by atomic mass is 10.1. The third-order valence-electron chi connectivity index (χ3n) is 4.90. The van der Waals surface area contributed by atoms with Crippen LogP contribution < -0.4 is 9.80 Å². The van der Waals surface area contributed by atoms with Crippen LogP contribution in [0.25, 0.3) is 10.8 Å². The predicted octanol–water partition coefficient (Wildman–Crippen LogP) is 3.67. The Morgan fingerprint density at radius 2 is 1.18 bits per heavy atom. The fraction of sp³-hybridized carbons (Fsp3) is 0.474. The standard InChI is InChI=1S/C19H24N2O/c1-2-8-20(9-3-1)18-6-4-17-15-19(7-5-16(17)14-18)21-10-12-22-13-11-21/h4-7,14-15H,1-3,8-13H2. The van der Waals surface area contributed by atoms with Crippen LogP contribution in [0.1, 0.15) is 19.3 Å². The highest BCUT2D eigenvalue weighted by atomic mass is 16.5. The van der Waals surface area contributed by atoms with Gasteiger partial charge in [-0.2, -0.15) is 0 Å². The van der Waals surface area contributed by atoms with E-state index in [-0.39, 0.29) is 0 Å². The molecule has 22 heavy (non-hydrogen) atoms. The molecule has 0 atom stereocenters. The molecule has 0 spiro atoms. The monoisotopic (exact) mass is 296 g/mol. The molecule has 2 aliphatic heterocycles. The molecule has 0 radical (unpaired) electrons. The van der Waals surface area contributed by atoms with Crippen molar-refractivity contribution >= 4 is 22.1 Å². The third kappa shape index (κ3) is 2.78. The van der Waals surface area contributed by atoms with Gasteiger partial charge in [-0.3, -0.25) is 0 Å². The predicted molar refractivity (Wildman–Crippen MR) is 93.0 cm³/mol. The van der Waals surface area contributed by atoms with Gasteiger partial charge in [0.25, 0.3) is 0 Å². The molecular formula is C19H24N2O. The van der Waals surface area contributed by atoms with E-state index in [1.54, 1.807) is 0 Å². The van der Waals surface area contributed by atoms with Crippen LogP contribution in [0.5, 0.6) is 0 Å². The van der Waals surface area contributed by atoms with Crippen molar-refractivity contribution in [2.45, 2.75) is 19.3 Å². The number of piperidine rings is 1. The van der Waals surface area contributed by atoms with Gasteiger partial charge in [0.05, 0.1) is 13.2 Å². The van der Waals surface area contributed by atoms with E-state index in [1.165, 1.54) is 54.5 Å². The second-order valence-corrected chi connectivity index (χ2v) is 6.36. The van der Waals surface area contributed by atoms with Gasteiger partial charge in [0.15, 0.2) is 0 Å². The zero-order chi connectivity index (χ0) is 14.8. The molecule has 0 N–H and O–H groups in total. The van der Waals surface area contributed by atoms with E-state index in [4.69, 9.17) is 4.74 Å². The first-order valence-electron chi connectivity index (χ1n) is 8.52. The van der Waals surface area contributed by atoms with Gasteiger partial charge in [-0.15, -0.1) is 0 Å². The Labute approximate surface area is 132 Å². The lowest BCUT2D eigenvalue weighted by Gasteiger charge is -2.30. The summed E-state index contributed by atoms with van der Waals surface area (Å²) in [6, 6.07) is 13.8. The smallest absolute Gasteiger partial charge is 0.0642 e. The van der Waals surface area contributed by atoms with E-state index in [0.29, 0.717) is 0 Å². The number of hydrogen-bond donors (Lipinski definition) is 0. The molecule has 0 aromatic heterocycles. The maximum atomic E-state index is 5.44. The van der Waals surface area contributed by atoms with Crippen molar-refractivity contribution in [2.24, 2.45) is 0 Å². The van der Waals surface area contributed by atoms with E-state index in [9.17, 15) is 0 Å². The molecule has 2 fully saturated rings. The fourth-order valence-electron chi connectivity index (χ4n) is 3.59. The molecule has 2 heterocycles. The minimum absolute atomic E-state index is 0.839. The van der Waals surface area contributed by atoms with Gasteiger partial charge in [-0.25, -0.2) is 0 Å².